The summed E-state index contributed by atoms with van der Waals surface area (Å²) < 4.78 is 10.5. The van der Waals surface area contributed by atoms with Crippen LogP contribution in [0.1, 0.15) is 21.5 Å². The third-order valence-corrected chi connectivity index (χ3v) is 4.37. The Kier molecular flexibility index (Phi) is 7.32. The first-order valence-electron chi connectivity index (χ1n) is 9.34. The van der Waals surface area contributed by atoms with Crippen LogP contribution < -0.4 is 15.9 Å². The molecule has 0 radical (unpaired) electrons. The van der Waals surface area contributed by atoms with E-state index in [0.717, 1.165) is 44.0 Å². The number of rotatable bonds is 8. The molecule has 2 amide bonds. The van der Waals surface area contributed by atoms with Crippen molar-refractivity contribution >= 4 is 18.0 Å². The van der Waals surface area contributed by atoms with Gasteiger partial charge in [-0.05, 0) is 47.5 Å². The van der Waals surface area contributed by atoms with Crippen LogP contribution in [0, 0.1) is 0 Å². The van der Waals surface area contributed by atoms with E-state index >= 15 is 0 Å². The van der Waals surface area contributed by atoms with Crippen LogP contribution in [0.15, 0.2) is 53.6 Å². The first kappa shape index (κ1) is 20.5. The Morgan fingerprint density at radius 1 is 1.10 bits per heavy atom. The van der Waals surface area contributed by atoms with E-state index in [4.69, 9.17) is 15.2 Å². The molecule has 8 heteroatoms. The zero-order valence-electron chi connectivity index (χ0n) is 16.0. The lowest BCUT2D eigenvalue weighted by Gasteiger charge is -2.26. The lowest BCUT2D eigenvalue weighted by Crippen LogP contribution is -2.35. The molecule has 0 bridgehead atoms. The van der Waals surface area contributed by atoms with Crippen molar-refractivity contribution in [3.8, 4) is 5.75 Å². The largest absolute Gasteiger partial charge is 0.484 e. The molecule has 0 atom stereocenters. The minimum Gasteiger partial charge on any atom is -0.484 e. The lowest BCUT2D eigenvalue weighted by molar-refractivity contribution is -0.119. The molecule has 1 fully saturated rings. The van der Waals surface area contributed by atoms with Crippen LogP contribution in [-0.2, 0) is 16.1 Å². The molecule has 0 spiro atoms. The second-order valence-corrected chi connectivity index (χ2v) is 6.61. The fourth-order valence-corrected chi connectivity index (χ4v) is 2.81. The van der Waals surface area contributed by atoms with E-state index in [-0.39, 0.29) is 12.5 Å². The quantitative estimate of drug-likeness (QED) is 0.514. The van der Waals surface area contributed by atoms with Crippen LogP contribution in [0.4, 0.5) is 0 Å². The van der Waals surface area contributed by atoms with Crippen molar-refractivity contribution in [3.05, 3.63) is 65.2 Å². The highest BCUT2D eigenvalue weighted by Crippen LogP contribution is 2.11. The number of nitrogens with one attached hydrogen (secondary N) is 1. The van der Waals surface area contributed by atoms with E-state index in [1.165, 1.54) is 6.21 Å². The molecule has 0 aliphatic carbocycles. The van der Waals surface area contributed by atoms with Gasteiger partial charge in [-0.25, -0.2) is 5.43 Å². The third-order valence-electron chi connectivity index (χ3n) is 4.37. The zero-order chi connectivity index (χ0) is 20.5. The number of hydrazone groups is 1. The molecule has 2 aromatic carbocycles. The van der Waals surface area contributed by atoms with Gasteiger partial charge in [0.15, 0.2) is 6.61 Å². The van der Waals surface area contributed by atoms with E-state index in [1.54, 1.807) is 36.4 Å². The second-order valence-electron chi connectivity index (χ2n) is 6.61. The highest BCUT2D eigenvalue weighted by Gasteiger charge is 2.11. The fourth-order valence-electron chi connectivity index (χ4n) is 2.81. The van der Waals surface area contributed by atoms with Crippen molar-refractivity contribution in [1.29, 1.82) is 0 Å². The van der Waals surface area contributed by atoms with Gasteiger partial charge in [-0.2, -0.15) is 5.10 Å². The Balaban J connectivity index is 1.47. The molecule has 1 saturated heterocycles. The topological polar surface area (TPSA) is 106 Å². The summed E-state index contributed by atoms with van der Waals surface area (Å²) in [5.74, 6) is -0.282. The predicted molar refractivity (Wildman–Crippen MR) is 109 cm³/mol. The van der Waals surface area contributed by atoms with Crippen molar-refractivity contribution in [3.63, 3.8) is 0 Å². The van der Waals surface area contributed by atoms with Gasteiger partial charge in [0, 0.05) is 25.2 Å². The van der Waals surface area contributed by atoms with E-state index in [2.05, 4.69) is 15.4 Å². The van der Waals surface area contributed by atoms with Gasteiger partial charge < -0.3 is 15.2 Å². The Bertz CT molecular complexity index is 844. The van der Waals surface area contributed by atoms with Gasteiger partial charge in [-0.3, -0.25) is 14.5 Å². The summed E-state index contributed by atoms with van der Waals surface area (Å²) in [5.41, 5.74) is 10.0. The second kappa shape index (κ2) is 10.4. The normalized spacial score (nSPS) is 14.6. The number of benzene rings is 2. The van der Waals surface area contributed by atoms with Crippen LogP contribution in [0.2, 0.25) is 0 Å². The van der Waals surface area contributed by atoms with Gasteiger partial charge in [0.05, 0.1) is 19.4 Å². The van der Waals surface area contributed by atoms with E-state index in [1.807, 2.05) is 12.1 Å². The minimum absolute atomic E-state index is 0.172. The molecule has 8 nitrogen and oxygen atoms in total. The monoisotopic (exact) mass is 396 g/mol. The van der Waals surface area contributed by atoms with Crippen molar-refractivity contribution in [2.45, 2.75) is 6.54 Å². The fraction of sp³-hybridized carbons (Fsp3) is 0.286. The molecule has 0 saturated carbocycles. The van der Waals surface area contributed by atoms with Gasteiger partial charge in [-0.1, -0.05) is 12.1 Å². The molecule has 3 rings (SSSR count). The summed E-state index contributed by atoms with van der Waals surface area (Å²) in [7, 11) is 0. The summed E-state index contributed by atoms with van der Waals surface area (Å²) in [6.45, 7) is 4.06. The van der Waals surface area contributed by atoms with Crippen LogP contribution in [-0.4, -0.2) is 55.8 Å². The maximum Gasteiger partial charge on any atom is 0.271 e. The van der Waals surface area contributed by atoms with Crippen LogP contribution in [0.5, 0.6) is 5.75 Å². The maximum absolute atomic E-state index is 12.2. The number of hydrogen-bond acceptors (Lipinski definition) is 6. The van der Waals surface area contributed by atoms with Crippen molar-refractivity contribution in [2.75, 3.05) is 32.9 Å². The highest BCUT2D eigenvalue weighted by molar-refractivity contribution is 5.94. The van der Waals surface area contributed by atoms with Crippen LogP contribution >= 0.6 is 0 Å². The van der Waals surface area contributed by atoms with Crippen molar-refractivity contribution in [1.82, 2.24) is 10.3 Å². The number of morpholine rings is 1. The number of nitrogens with zero attached hydrogens (tertiary/aromatic N) is 2. The molecule has 1 aliphatic heterocycles. The zero-order valence-corrected chi connectivity index (χ0v) is 16.0. The van der Waals surface area contributed by atoms with Gasteiger partial charge >= 0.3 is 0 Å². The summed E-state index contributed by atoms with van der Waals surface area (Å²) in [6.07, 6.45) is 1.53. The Hall–Kier alpha value is -3.23. The smallest absolute Gasteiger partial charge is 0.271 e. The van der Waals surface area contributed by atoms with Crippen molar-refractivity contribution in [2.24, 2.45) is 10.8 Å². The molecule has 3 N–H and O–H groups in total. The maximum atomic E-state index is 12.2. The Morgan fingerprint density at radius 3 is 2.45 bits per heavy atom. The average Bonchev–Trinajstić information content (AvgIpc) is 2.74. The molecular weight excluding hydrogens is 372 g/mol. The predicted octanol–water partition coefficient (Wildman–Crippen LogP) is 1.15. The molecular formula is C21H24N4O4. The average molecular weight is 396 g/mol. The molecule has 1 heterocycles. The van der Waals surface area contributed by atoms with Crippen LogP contribution in [0.25, 0.3) is 0 Å². The molecule has 152 valence electrons. The van der Waals surface area contributed by atoms with E-state index < -0.39 is 5.91 Å². The summed E-state index contributed by atoms with van der Waals surface area (Å²) in [6, 6.07) is 14.4. The van der Waals surface area contributed by atoms with Gasteiger partial charge in [0.1, 0.15) is 5.75 Å². The number of hydrogen-bond donors (Lipinski definition) is 2. The third kappa shape index (κ3) is 6.70. The van der Waals surface area contributed by atoms with Gasteiger partial charge in [0.2, 0.25) is 0 Å². The summed E-state index contributed by atoms with van der Waals surface area (Å²) in [4.78, 5) is 25.2. The van der Waals surface area contributed by atoms with Crippen molar-refractivity contribution < 1.29 is 19.1 Å². The number of amides is 2. The standard InChI is InChI=1S/C21H24N4O4/c22-20(26)15-29-19-7-3-16(4-8-19)13-23-24-21(27)18-5-1-17(2-6-18)14-25-9-11-28-12-10-25/h1-8,13H,9-12,14-15H2,(H2,22,26)(H,24,27). The minimum atomic E-state index is -0.535. The molecule has 0 unspecified atom stereocenters. The number of nitrogens with two attached hydrogens (primary N) is 1. The number of ether oxygens (including phenoxy) is 2. The summed E-state index contributed by atoms with van der Waals surface area (Å²) >= 11 is 0. The number of carbonyl (C=O) groups excluding carboxylic acids is 2. The number of carbonyl (C=O) groups is 2. The first-order chi connectivity index (χ1) is 14.1. The summed E-state index contributed by atoms with van der Waals surface area (Å²) in [5, 5.41) is 3.98. The highest BCUT2D eigenvalue weighted by atomic mass is 16.5. The molecule has 29 heavy (non-hydrogen) atoms. The van der Waals surface area contributed by atoms with Gasteiger partial charge in [-0.15, -0.1) is 0 Å². The lowest BCUT2D eigenvalue weighted by atomic mass is 10.1. The molecule has 2 aromatic rings. The Morgan fingerprint density at radius 2 is 1.79 bits per heavy atom. The molecule has 0 aromatic heterocycles. The Labute approximate surface area is 169 Å². The number of primary amides is 1. The van der Waals surface area contributed by atoms with Gasteiger partial charge in [0.25, 0.3) is 11.8 Å². The van der Waals surface area contributed by atoms with E-state index in [0.29, 0.717) is 11.3 Å². The molecule has 1 aliphatic rings. The van der Waals surface area contributed by atoms with Crippen LogP contribution in [0.3, 0.4) is 0 Å². The van der Waals surface area contributed by atoms with E-state index in [9.17, 15) is 9.59 Å². The SMILES string of the molecule is NC(=O)COc1ccc(C=NNC(=O)c2ccc(CN3CCOCC3)cc2)cc1. The first-order valence-corrected chi connectivity index (χ1v) is 9.34.